The van der Waals surface area contributed by atoms with E-state index in [1.165, 1.54) is 5.56 Å². The number of rotatable bonds is 3. The number of ether oxygens (including phenoxy) is 1. The fraction of sp³-hybridized carbons (Fsp3) is 0.167. The Bertz CT molecular complexity index is 453. The maximum Gasteiger partial charge on any atom is 0.321 e. The van der Waals surface area contributed by atoms with Gasteiger partial charge in [-0.1, -0.05) is 19.1 Å². The summed E-state index contributed by atoms with van der Waals surface area (Å²) in [7, 11) is 0. The highest BCUT2D eigenvalue weighted by molar-refractivity contribution is 14.1. The molecule has 1 aromatic carbocycles. The lowest BCUT2D eigenvalue weighted by atomic mass is 10.2. The maximum atomic E-state index is 5.51. The van der Waals surface area contributed by atoms with Crippen molar-refractivity contribution in [2.75, 3.05) is 0 Å². The van der Waals surface area contributed by atoms with Crippen molar-refractivity contribution in [2.45, 2.75) is 13.3 Å². The second-order valence-corrected chi connectivity index (χ2v) is 4.53. The van der Waals surface area contributed by atoms with Gasteiger partial charge in [-0.3, -0.25) is 0 Å². The van der Waals surface area contributed by atoms with Crippen molar-refractivity contribution in [1.82, 2.24) is 9.97 Å². The first-order valence-corrected chi connectivity index (χ1v) is 6.10. The van der Waals surface area contributed by atoms with E-state index in [-0.39, 0.29) is 0 Å². The first-order chi connectivity index (χ1) is 7.78. The molecule has 2 rings (SSSR count). The summed E-state index contributed by atoms with van der Waals surface area (Å²) in [4.78, 5) is 8.15. The van der Waals surface area contributed by atoms with Crippen molar-refractivity contribution in [3.05, 3.63) is 45.8 Å². The molecule has 1 aromatic heterocycles. The van der Waals surface area contributed by atoms with Gasteiger partial charge < -0.3 is 4.74 Å². The van der Waals surface area contributed by atoms with Crippen LogP contribution in [0.15, 0.2) is 36.7 Å². The molecule has 0 saturated carbocycles. The summed E-state index contributed by atoms with van der Waals surface area (Å²) in [5.41, 5.74) is 1.29. The molecule has 0 N–H and O–H groups in total. The molecule has 0 radical (unpaired) electrons. The van der Waals surface area contributed by atoms with Gasteiger partial charge >= 0.3 is 6.01 Å². The minimum absolute atomic E-state index is 0.379. The van der Waals surface area contributed by atoms with Crippen LogP contribution in [0.1, 0.15) is 12.5 Å². The molecule has 1 heterocycles. The van der Waals surface area contributed by atoms with Gasteiger partial charge in [0.15, 0.2) is 0 Å². The van der Waals surface area contributed by atoms with Crippen LogP contribution in [0.5, 0.6) is 11.8 Å². The number of nitrogens with zero attached hydrogens (tertiary/aromatic N) is 2. The summed E-state index contributed by atoms with van der Waals surface area (Å²) in [6, 6.07) is 8.33. The molecule has 0 aliphatic heterocycles. The van der Waals surface area contributed by atoms with Crippen molar-refractivity contribution >= 4 is 22.6 Å². The van der Waals surface area contributed by atoms with E-state index < -0.39 is 0 Å². The van der Waals surface area contributed by atoms with Gasteiger partial charge in [-0.25, -0.2) is 9.97 Å². The fourth-order valence-corrected chi connectivity index (χ4v) is 1.53. The van der Waals surface area contributed by atoms with Gasteiger partial charge in [0.05, 0.1) is 0 Å². The summed E-state index contributed by atoms with van der Waals surface area (Å²) in [5.74, 6) is 0.762. The second-order valence-electron chi connectivity index (χ2n) is 3.28. The smallest absolute Gasteiger partial charge is 0.321 e. The van der Waals surface area contributed by atoms with E-state index in [2.05, 4.69) is 39.5 Å². The molecule has 0 bridgehead atoms. The van der Waals surface area contributed by atoms with Crippen LogP contribution in [0.2, 0.25) is 0 Å². The van der Waals surface area contributed by atoms with Crippen LogP contribution in [-0.2, 0) is 6.42 Å². The zero-order valence-electron chi connectivity index (χ0n) is 8.85. The Balaban J connectivity index is 2.11. The summed E-state index contributed by atoms with van der Waals surface area (Å²) in [6.45, 7) is 2.12. The van der Waals surface area contributed by atoms with Gasteiger partial charge in [0.25, 0.3) is 0 Å². The van der Waals surface area contributed by atoms with Crippen molar-refractivity contribution < 1.29 is 4.74 Å². The molecule has 82 valence electrons. The van der Waals surface area contributed by atoms with Crippen LogP contribution in [0, 0.1) is 3.57 Å². The molecule has 0 aliphatic rings. The normalized spacial score (nSPS) is 10.1. The molecule has 0 fully saturated rings. The predicted octanol–water partition coefficient (Wildman–Crippen LogP) is 3.44. The van der Waals surface area contributed by atoms with Crippen LogP contribution < -0.4 is 4.74 Å². The van der Waals surface area contributed by atoms with Crippen LogP contribution in [0.25, 0.3) is 0 Å². The van der Waals surface area contributed by atoms with Gasteiger partial charge in [0.2, 0.25) is 0 Å². The van der Waals surface area contributed by atoms with E-state index in [1.807, 2.05) is 24.3 Å². The third-order valence-electron chi connectivity index (χ3n) is 2.14. The lowest BCUT2D eigenvalue weighted by molar-refractivity contribution is 0.441. The van der Waals surface area contributed by atoms with Crippen molar-refractivity contribution in [1.29, 1.82) is 0 Å². The average Bonchev–Trinajstić information content (AvgIpc) is 2.33. The Labute approximate surface area is 108 Å². The highest BCUT2D eigenvalue weighted by Gasteiger charge is 1.99. The molecular formula is C12H11IN2O. The van der Waals surface area contributed by atoms with Crippen LogP contribution >= 0.6 is 22.6 Å². The minimum atomic E-state index is 0.379. The zero-order chi connectivity index (χ0) is 11.4. The Hall–Kier alpha value is -1.17. The average molecular weight is 326 g/mol. The fourth-order valence-electron chi connectivity index (χ4n) is 1.25. The van der Waals surface area contributed by atoms with Crippen molar-refractivity contribution in [3.63, 3.8) is 0 Å². The third-order valence-corrected chi connectivity index (χ3v) is 2.69. The Morgan fingerprint density at radius 2 is 1.75 bits per heavy atom. The zero-order valence-corrected chi connectivity index (χ0v) is 11.0. The molecule has 0 aliphatic carbocycles. The van der Waals surface area contributed by atoms with Gasteiger partial charge in [0, 0.05) is 16.0 Å². The van der Waals surface area contributed by atoms with E-state index in [1.54, 1.807) is 12.4 Å². The topological polar surface area (TPSA) is 35.0 Å². The highest BCUT2D eigenvalue weighted by atomic mass is 127. The molecular weight excluding hydrogens is 315 g/mol. The van der Waals surface area contributed by atoms with Crippen LogP contribution in [0.3, 0.4) is 0 Å². The van der Waals surface area contributed by atoms with E-state index >= 15 is 0 Å². The van der Waals surface area contributed by atoms with E-state index in [9.17, 15) is 0 Å². The largest absolute Gasteiger partial charge is 0.424 e. The molecule has 0 saturated heterocycles. The summed E-state index contributed by atoms with van der Waals surface area (Å²) < 4.78 is 6.50. The molecule has 0 amide bonds. The third kappa shape index (κ3) is 2.91. The van der Waals surface area contributed by atoms with Crippen LogP contribution in [-0.4, -0.2) is 9.97 Å². The summed E-state index contributed by atoms with van der Waals surface area (Å²) in [6.07, 6.45) is 4.48. The lowest BCUT2D eigenvalue weighted by Crippen LogP contribution is -1.91. The second kappa shape index (κ2) is 5.25. The number of halogens is 1. The van der Waals surface area contributed by atoms with E-state index in [0.717, 1.165) is 15.7 Å². The molecule has 0 spiro atoms. The van der Waals surface area contributed by atoms with Gasteiger partial charge in [-0.15, -0.1) is 0 Å². The highest BCUT2D eigenvalue weighted by Crippen LogP contribution is 2.18. The van der Waals surface area contributed by atoms with Gasteiger partial charge in [-0.2, -0.15) is 0 Å². The monoisotopic (exact) mass is 326 g/mol. The van der Waals surface area contributed by atoms with Gasteiger partial charge in [-0.05, 0) is 46.7 Å². The Kier molecular flexibility index (Phi) is 3.71. The first kappa shape index (κ1) is 11.3. The summed E-state index contributed by atoms with van der Waals surface area (Å²) >= 11 is 2.16. The maximum absolute atomic E-state index is 5.51. The molecule has 4 heteroatoms. The number of hydrogen-bond donors (Lipinski definition) is 0. The Morgan fingerprint density at radius 3 is 2.31 bits per heavy atom. The lowest BCUT2D eigenvalue weighted by Gasteiger charge is -2.03. The minimum Gasteiger partial charge on any atom is -0.424 e. The number of hydrogen-bond acceptors (Lipinski definition) is 3. The van der Waals surface area contributed by atoms with Gasteiger partial charge in [0.1, 0.15) is 5.75 Å². The number of aryl methyl sites for hydroxylation is 1. The van der Waals surface area contributed by atoms with Crippen molar-refractivity contribution in [2.24, 2.45) is 0 Å². The quantitative estimate of drug-likeness (QED) is 0.811. The molecule has 0 atom stereocenters. The van der Waals surface area contributed by atoms with Crippen molar-refractivity contribution in [3.8, 4) is 11.8 Å². The number of aromatic nitrogens is 2. The molecule has 3 nitrogen and oxygen atoms in total. The Morgan fingerprint density at radius 1 is 1.12 bits per heavy atom. The van der Waals surface area contributed by atoms with Crippen LogP contribution in [0.4, 0.5) is 0 Å². The standard InChI is InChI=1S/C12H11IN2O/c1-2-9-3-5-11(6-4-9)16-12-14-7-10(13)8-15-12/h3-8H,2H2,1H3. The molecule has 0 unspecified atom stereocenters. The number of benzene rings is 1. The van der Waals surface area contributed by atoms with E-state index in [4.69, 9.17) is 4.74 Å². The molecule has 16 heavy (non-hydrogen) atoms. The van der Waals surface area contributed by atoms with E-state index in [0.29, 0.717) is 6.01 Å². The predicted molar refractivity (Wildman–Crippen MR) is 70.6 cm³/mol. The SMILES string of the molecule is CCc1ccc(Oc2ncc(I)cn2)cc1. The summed E-state index contributed by atoms with van der Waals surface area (Å²) in [5, 5.41) is 0. The first-order valence-electron chi connectivity index (χ1n) is 5.02. The molecule has 2 aromatic rings.